The van der Waals surface area contributed by atoms with Crippen LogP contribution in [0.5, 0.6) is 5.75 Å². The summed E-state index contributed by atoms with van der Waals surface area (Å²) in [5, 5.41) is 16.1. The largest absolute Gasteiger partial charge is 0.494 e. The van der Waals surface area contributed by atoms with Gasteiger partial charge in [0.1, 0.15) is 17.6 Å². The highest BCUT2D eigenvalue weighted by atomic mass is 35.5. The number of pyridine rings is 1. The first-order chi connectivity index (χ1) is 17.4. The van der Waals surface area contributed by atoms with Gasteiger partial charge in [0.2, 0.25) is 5.91 Å². The molecule has 0 atom stereocenters. The molecule has 3 rings (SSSR count). The number of carbonyl (C=O) groups excluding carboxylic acids is 1. The minimum atomic E-state index is -0.554. The molecule has 1 aromatic heterocycles. The van der Waals surface area contributed by atoms with E-state index in [0.29, 0.717) is 53.3 Å². The topological polar surface area (TPSA) is 90.3 Å². The summed E-state index contributed by atoms with van der Waals surface area (Å²) in [4.78, 5) is 19.0. The minimum absolute atomic E-state index is 0.0574. The maximum Gasteiger partial charge on any atom is 0.248 e. The molecule has 7 nitrogen and oxygen atoms in total. The Morgan fingerprint density at radius 1 is 1.25 bits per heavy atom. The van der Waals surface area contributed by atoms with Gasteiger partial charge in [0, 0.05) is 49.0 Å². The zero-order valence-corrected chi connectivity index (χ0v) is 20.5. The summed E-state index contributed by atoms with van der Waals surface area (Å²) in [5.74, 6) is -0.506. The summed E-state index contributed by atoms with van der Waals surface area (Å²) in [5.41, 5.74) is 2.10. The molecule has 0 aliphatic carbocycles. The number of hydrogen-bond acceptors (Lipinski definition) is 6. The SMILES string of the molecule is C=CCN(CC=C)CC=CC(=O)Nc1cc2c(Nc3ccc(F)c(Cl)c3)c(C#N)cnc2cc1OC. The average molecular weight is 506 g/mol. The van der Waals surface area contributed by atoms with Gasteiger partial charge < -0.3 is 15.4 Å². The van der Waals surface area contributed by atoms with Crippen LogP contribution in [0.4, 0.5) is 21.5 Å². The zero-order chi connectivity index (χ0) is 26.1. The third-order valence-corrected chi connectivity index (χ3v) is 5.45. The molecule has 9 heteroatoms. The van der Waals surface area contributed by atoms with Crippen molar-refractivity contribution in [3.05, 3.63) is 90.4 Å². The summed E-state index contributed by atoms with van der Waals surface area (Å²) in [7, 11) is 1.48. The first-order valence-electron chi connectivity index (χ1n) is 10.9. The van der Waals surface area contributed by atoms with Crippen LogP contribution in [-0.2, 0) is 4.79 Å². The third-order valence-electron chi connectivity index (χ3n) is 5.16. The Labute approximate surface area is 214 Å². The molecule has 0 saturated heterocycles. The molecule has 1 heterocycles. The summed E-state index contributed by atoms with van der Waals surface area (Å²) in [6.07, 6.45) is 8.18. The molecular formula is C27H25ClFN5O2. The minimum Gasteiger partial charge on any atom is -0.494 e. The van der Waals surface area contributed by atoms with Crippen LogP contribution in [0.15, 0.2) is 74.0 Å². The maximum absolute atomic E-state index is 13.6. The molecule has 2 aromatic carbocycles. The quantitative estimate of drug-likeness (QED) is 0.252. The number of benzene rings is 2. The third kappa shape index (κ3) is 6.48. The van der Waals surface area contributed by atoms with E-state index in [2.05, 4.69) is 39.7 Å². The van der Waals surface area contributed by atoms with Gasteiger partial charge in [-0.1, -0.05) is 29.8 Å². The van der Waals surface area contributed by atoms with Crippen molar-refractivity contribution >= 4 is 45.5 Å². The molecule has 1 amide bonds. The lowest BCUT2D eigenvalue weighted by Crippen LogP contribution is -2.24. The molecule has 0 radical (unpaired) electrons. The van der Waals surface area contributed by atoms with Gasteiger partial charge in [-0.2, -0.15) is 5.26 Å². The molecule has 3 aromatic rings. The first-order valence-corrected chi connectivity index (χ1v) is 11.3. The van der Waals surface area contributed by atoms with E-state index in [1.807, 2.05) is 0 Å². The van der Waals surface area contributed by atoms with Crippen LogP contribution in [0, 0.1) is 17.1 Å². The van der Waals surface area contributed by atoms with E-state index >= 15 is 0 Å². The van der Waals surface area contributed by atoms with Gasteiger partial charge in [-0.3, -0.25) is 14.7 Å². The Bertz CT molecular complexity index is 1360. The number of carbonyl (C=O) groups is 1. The molecule has 36 heavy (non-hydrogen) atoms. The summed E-state index contributed by atoms with van der Waals surface area (Å²) in [6.45, 7) is 9.34. The summed E-state index contributed by atoms with van der Waals surface area (Å²) < 4.78 is 19.1. The Morgan fingerprint density at radius 2 is 2.00 bits per heavy atom. The monoisotopic (exact) mass is 505 g/mol. The lowest BCUT2D eigenvalue weighted by molar-refractivity contribution is -0.111. The fourth-order valence-electron chi connectivity index (χ4n) is 3.50. The highest BCUT2D eigenvalue weighted by Crippen LogP contribution is 2.36. The van der Waals surface area contributed by atoms with Gasteiger partial charge >= 0.3 is 0 Å². The van der Waals surface area contributed by atoms with Crippen LogP contribution in [0.25, 0.3) is 10.9 Å². The normalized spacial score (nSPS) is 10.9. The van der Waals surface area contributed by atoms with Gasteiger partial charge in [-0.25, -0.2) is 4.39 Å². The van der Waals surface area contributed by atoms with E-state index in [1.54, 1.807) is 30.4 Å². The second kappa shape index (κ2) is 12.5. The fraction of sp³-hybridized carbons (Fsp3) is 0.148. The number of halogens is 2. The van der Waals surface area contributed by atoms with E-state index in [9.17, 15) is 14.4 Å². The van der Waals surface area contributed by atoms with Crippen LogP contribution in [0.3, 0.4) is 0 Å². The van der Waals surface area contributed by atoms with Crippen molar-refractivity contribution in [2.24, 2.45) is 0 Å². The van der Waals surface area contributed by atoms with E-state index in [1.165, 1.54) is 37.6 Å². The van der Waals surface area contributed by atoms with Crippen molar-refractivity contribution in [1.29, 1.82) is 5.26 Å². The number of nitrogens with zero attached hydrogens (tertiary/aromatic N) is 3. The van der Waals surface area contributed by atoms with Gasteiger partial charge in [0.25, 0.3) is 0 Å². The van der Waals surface area contributed by atoms with Crippen LogP contribution in [0.2, 0.25) is 5.02 Å². The number of ether oxygens (including phenoxy) is 1. The lowest BCUT2D eigenvalue weighted by Gasteiger charge is -2.16. The summed E-state index contributed by atoms with van der Waals surface area (Å²) >= 11 is 5.91. The van der Waals surface area contributed by atoms with Crippen molar-refractivity contribution in [3.63, 3.8) is 0 Å². The van der Waals surface area contributed by atoms with Crippen LogP contribution in [-0.4, -0.2) is 42.5 Å². The standard InChI is InChI=1S/C27H25ClFN5O2/c1-4-10-34(11-5-2)12-6-7-26(35)33-24-14-20-23(15-25(24)36-3)31-17-18(16-30)27(20)32-19-8-9-22(29)21(28)13-19/h4-9,13-15,17H,1-2,10-12H2,3H3,(H,31,32)(H,33,35). The molecule has 0 fully saturated rings. The van der Waals surface area contributed by atoms with Gasteiger partial charge in [0.15, 0.2) is 0 Å². The Balaban J connectivity index is 1.94. The molecule has 0 bridgehead atoms. The Morgan fingerprint density at radius 3 is 2.64 bits per heavy atom. The molecule has 2 N–H and O–H groups in total. The van der Waals surface area contributed by atoms with Crippen molar-refractivity contribution in [2.45, 2.75) is 0 Å². The average Bonchev–Trinajstić information content (AvgIpc) is 2.86. The number of fused-ring (bicyclic) bond motifs is 1. The molecule has 0 spiro atoms. The zero-order valence-electron chi connectivity index (χ0n) is 19.7. The smallest absolute Gasteiger partial charge is 0.248 e. The first kappa shape index (κ1) is 26.4. The number of aromatic nitrogens is 1. The number of rotatable bonds is 11. The van der Waals surface area contributed by atoms with Gasteiger partial charge in [-0.15, -0.1) is 13.2 Å². The molecule has 0 unspecified atom stereocenters. The Kier molecular flexibility index (Phi) is 9.17. The number of amides is 1. The number of hydrogen-bond donors (Lipinski definition) is 2. The van der Waals surface area contributed by atoms with E-state index in [0.717, 1.165) is 0 Å². The molecule has 0 saturated carbocycles. The highest BCUT2D eigenvalue weighted by Gasteiger charge is 2.15. The van der Waals surface area contributed by atoms with Gasteiger partial charge in [0.05, 0.1) is 34.6 Å². The van der Waals surface area contributed by atoms with Crippen molar-refractivity contribution in [3.8, 4) is 11.8 Å². The van der Waals surface area contributed by atoms with Crippen molar-refractivity contribution in [2.75, 3.05) is 37.4 Å². The second-order valence-electron chi connectivity index (χ2n) is 7.67. The maximum atomic E-state index is 13.6. The van der Waals surface area contributed by atoms with Gasteiger partial charge in [-0.05, 0) is 24.3 Å². The van der Waals surface area contributed by atoms with E-state index < -0.39 is 5.82 Å². The van der Waals surface area contributed by atoms with E-state index in [-0.39, 0.29) is 16.5 Å². The molecule has 0 aliphatic heterocycles. The number of anilines is 3. The second-order valence-corrected chi connectivity index (χ2v) is 8.08. The number of nitriles is 1. The number of nitrogens with one attached hydrogen (secondary N) is 2. The fourth-order valence-corrected chi connectivity index (χ4v) is 3.68. The van der Waals surface area contributed by atoms with E-state index in [4.69, 9.17) is 16.3 Å². The predicted octanol–water partition coefficient (Wildman–Crippen LogP) is 5.82. The van der Waals surface area contributed by atoms with Crippen LogP contribution in [0.1, 0.15) is 5.56 Å². The summed E-state index contributed by atoms with van der Waals surface area (Å²) in [6, 6.07) is 9.59. The molecule has 184 valence electrons. The van der Waals surface area contributed by atoms with Crippen LogP contribution >= 0.6 is 11.6 Å². The lowest BCUT2D eigenvalue weighted by atomic mass is 10.1. The van der Waals surface area contributed by atoms with Crippen molar-refractivity contribution < 1.29 is 13.9 Å². The number of methoxy groups -OCH3 is 1. The highest BCUT2D eigenvalue weighted by molar-refractivity contribution is 6.31. The predicted molar refractivity (Wildman–Crippen MR) is 142 cm³/mol. The molecule has 0 aliphatic rings. The van der Waals surface area contributed by atoms with Crippen LogP contribution < -0.4 is 15.4 Å². The Hall–Kier alpha value is -4.19. The molecular weight excluding hydrogens is 481 g/mol. The van der Waals surface area contributed by atoms with Crippen molar-refractivity contribution in [1.82, 2.24) is 9.88 Å².